The number of aliphatic carboxylic acids is 1. The number of likely N-dealkylation sites (tertiary alicyclic amines) is 1. The average Bonchev–Trinajstić information content (AvgIpc) is 3.25. The summed E-state index contributed by atoms with van der Waals surface area (Å²) in [5.74, 6) is -2.31. The van der Waals surface area contributed by atoms with Crippen LogP contribution in [0.2, 0.25) is 0 Å². The molecule has 1 saturated carbocycles. The van der Waals surface area contributed by atoms with E-state index in [1.807, 2.05) is 0 Å². The molecule has 144 valence electrons. The second-order valence-electron chi connectivity index (χ2n) is 7.06. The van der Waals surface area contributed by atoms with E-state index in [2.05, 4.69) is 14.7 Å². The number of oxazole rings is 1. The maximum absolute atomic E-state index is 12.7. The number of carbonyl (C=O) groups is 2. The summed E-state index contributed by atoms with van der Waals surface area (Å²) < 4.78 is 42.7. The Morgan fingerprint density at radius 2 is 2.15 bits per heavy atom. The Labute approximate surface area is 151 Å². The molecule has 2 N–H and O–H groups in total. The number of halogens is 3. The molecule has 1 saturated heterocycles. The van der Waals surface area contributed by atoms with Crippen LogP contribution in [0.15, 0.2) is 22.6 Å². The molecule has 0 unspecified atom stereocenters. The number of carboxylic acid groups (broad SMARTS) is 1. The molecule has 2 aromatic rings. The maximum atomic E-state index is 12.7. The largest absolute Gasteiger partial charge is 0.481 e. The SMILES string of the molecule is O=C(Nc1ccc2oc(C(F)(F)F)nc2c1)N1C[C@@H]2CCC[C@@]2(C(=O)O)C1. The Hall–Kier alpha value is -2.78. The normalized spacial score (nSPS) is 25.0. The number of aromatic nitrogens is 1. The Morgan fingerprint density at radius 3 is 2.81 bits per heavy atom. The minimum absolute atomic E-state index is 0.0274. The van der Waals surface area contributed by atoms with Gasteiger partial charge in [0.05, 0.1) is 5.41 Å². The van der Waals surface area contributed by atoms with Crippen molar-refractivity contribution in [3.8, 4) is 0 Å². The molecule has 1 aromatic heterocycles. The molecule has 27 heavy (non-hydrogen) atoms. The first-order valence-corrected chi connectivity index (χ1v) is 8.46. The van der Waals surface area contributed by atoms with E-state index in [9.17, 15) is 27.9 Å². The molecule has 2 fully saturated rings. The fourth-order valence-electron chi connectivity index (χ4n) is 4.12. The Bertz CT molecular complexity index is 926. The van der Waals surface area contributed by atoms with E-state index in [1.54, 1.807) is 0 Å². The number of amides is 2. The number of benzene rings is 1. The highest BCUT2D eigenvalue weighted by Gasteiger charge is 2.55. The number of fused-ring (bicyclic) bond motifs is 2. The molecule has 2 atom stereocenters. The van der Waals surface area contributed by atoms with Crippen LogP contribution < -0.4 is 5.32 Å². The van der Waals surface area contributed by atoms with Crippen molar-refractivity contribution in [1.29, 1.82) is 0 Å². The first-order chi connectivity index (χ1) is 12.7. The lowest BCUT2D eigenvalue weighted by Crippen LogP contribution is -2.38. The molecule has 7 nitrogen and oxygen atoms in total. The summed E-state index contributed by atoms with van der Waals surface area (Å²) in [6.07, 6.45) is -2.55. The van der Waals surface area contributed by atoms with Crippen molar-refractivity contribution in [3.63, 3.8) is 0 Å². The summed E-state index contributed by atoms with van der Waals surface area (Å²) in [5.41, 5.74) is -0.702. The van der Waals surface area contributed by atoms with Gasteiger partial charge in [-0.05, 0) is 37.0 Å². The predicted octanol–water partition coefficient (Wildman–Crippen LogP) is 3.57. The number of nitrogens with one attached hydrogen (secondary N) is 1. The molecule has 2 heterocycles. The van der Waals surface area contributed by atoms with Crippen LogP contribution in [0.3, 0.4) is 0 Å². The van der Waals surface area contributed by atoms with Gasteiger partial charge in [-0.2, -0.15) is 13.2 Å². The second kappa shape index (κ2) is 5.86. The fraction of sp³-hybridized carbons (Fsp3) is 0.471. The van der Waals surface area contributed by atoms with Gasteiger partial charge in [-0.15, -0.1) is 0 Å². The molecule has 1 aliphatic carbocycles. The molecule has 0 bridgehead atoms. The minimum Gasteiger partial charge on any atom is -0.481 e. The van der Waals surface area contributed by atoms with Crippen molar-refractivity contribution in [3.05, 3.63) is 24.1 Å². The van der Waals surface area contributed by atoms with Gasteiger partial charge in [0.2, 0.25) is 0 Å². The molecule has 0 radical (unpaired) electrons. The number of urea groups is 1. The van der Waals surface area contributed by atoms with E-state index < -0.39 is 29.5 Å². The highest BCUT2D eigenvalue weighted by Crippen LogP contribution is 2.49. The number of hydrogen-bond donors (Lipinski definition) is 2. The summed E-state index contributed by atoms with van der Waals surface area (Å²) in [5, 5.41) is 12.2. The minimum atomic E-state index is -4.69. The van der Waals surface area contributed by atoms with Gasteiger partial charge in [0, 0.05) is 18.8 Å². The Kier molecular flexibility index (Phi) is 3.83. The Balaban J connectivity index is 1.51. The fourth-order valence-corrected chi connectivity index (χ4v) is 4.12. The van der Waals surface area contributed by atoms with Crippen LogP contribution in [0.1, 0.15) is 25.2 Å². The summed E-state index contributed by atoms with van der Waals surface area (Å²) in [7, 11) is 0. The average molecular weight is 383 g/mol. The third-order valence-corrected chi connectivity index (χ3v) is 5.47. The molecular weight excluding hydrogens is 367 g/mol. The van der Waals surface area contributed by atoms with Crippen molar-refractivity contribution < 1.29 is 32.3 Å². The second-order valence-corrected chi connectivity index (χ2v) is 7.06. The molecule has 2 aliphatic rings. The lowest BCUT2D eigenvalue weighted by atomic mass is 9.81. The van der Waals surface area contributed by atoms with E-state index >= 15 is 0 Å². The standard InChI is InChI=1S/C17H16F3N3O4/c18-17(19,20)13-22-11-6-10(3-4-12(11)27-13)21-15(26)23-7-9-2-1-5-16(9,8-23)14(24)25/h3-4,6,9H,1-2,5,7-8H2,(H,21,26)(H,24,25)/t9-,16+/m0/s1. The van der Waals surface area contributed by atoms with Gasteiger partial charge in [0.1, 0.15) is 5.52 Å². The van der Waals surface area contributed by atoms with E-state index in [-0.39, 0.29) is 29.2 Å². The van der Waals surface area contributed by atoms with Gasteiger partial charge in [0.25, 0.3) is 0 Å². The molecule has 1 aliphatic heterocycles. The van der Waals surface area contributed by atoms with Crippen LogP contribution in [0.4, 0.5) is 23.7 Å². The monoisotopic (exact) mass is 383 g/mol. The third kappa shape index (κ3) is 2.88. The number of carbonyl (C=O) groups excluding carboxylic acids is 1. The van der Waals surface area contributed by atoms with Crippen molar-refractivity contribution in [2.45, 2.75) is 25.4 Å². The summed E-state index contributed by atoms with van der Waals surface area (Å²) in [6.45, 7) is 0.478. The van der Waals surface area contributed by atoms with Crippen molar-refractivity contribution >= 4 is 28.8 Å². The zero-order valence-electron chi connectivity index (χ0n) is 14.0. The van der Waals surface area contributed by atoms with Gasteiger partial charge in [-0.3, -0.25) is 4.79 Å². The molecule has 0 spiro atoms. The number of carboxylic acids is 1. The molecule has 4 rings (SSSR count). The maximum Gasteiger partial charge on any atom is 0.468 e. The highest BCUT2D eigenvalue weighted by atomic mass is 19.4. The first-order valence-electron chi connectivity index (χ1n) is 8.46. The van der Waals surface area contributed by atoms with Crippen molar-refractivity contribution in [2.24, 2.45) is 11.3 Å². The van der Waals surface area contributed by atoms with Crippen LogP contribution in [0.5, 0.6) is 0 Å². The van der Waals surface area contributed by atoms with Gasteiger partial charge in [0.15, 0.2) is 5.58 Å². The van der Waals surface area contributed by atoms with Crippen LogP contribution in [-0.4, -0.2) is 40.1 Å². The summed E-state index contributed by atoms with van der Waals surface area (Å²) in [6, 6.07) is 3.51. The number of alkyl halides is 3. The van der Waals surface area contributed by atoms with E-state index in [1.165, 1.54) is 23.1 Å². The van der Waals surface area contributed by atoms with Crippen molar-refractivity contribution in [1.82, 2.24) is 9.88 Å². The number of hydrogen-bond acceptors (Lipinski definition) is 4. The summed E-state index contributed by atoms with van der Waals surface area (Å²) >= 11 is 0. The lowest BCUT2D eigenvalue weighted by Gasteiger charge is -2.23. The highest BCUT2D eigenvalue weighted by molar-refractivity contribution is 5.92. The van der Waals surface area contributed by atoms with E-state index in [0.29, 0.717) is 13.0 Å². The number of nitrogens with zero attached hydrogens (tertiary/aromatic N) is 2. The quantitative estimate of drug-likeness (QED) is 0.827. The van der Waals surface area contributed by atoms with Gasteiger partial charge < -0.3 is 19.7 Å². The topological polar surface area (TPSA) is 95.7 Å². The Morgan fingerprint density at radius 1 is 1.37 bits per heavy atom. The van der Waals surface area contributed by atoms with Crippen molar-refractivity contribution in [2.75, 3.05) is 18.4 Å². The molecule has 10 heteroatoms. The molecular formula is C17H16F3N3O4. The van der Waals surface area contributed by atoms with Crippen LogP contribution in [-0.2, 0) is 11.0 Å². The molecule has 1 aromatic carbocycles. The smallest absolute Gasteiger partial charge is 0.468 e. The van der Waals surface area contributed by atoms with Gasteiger partial charge in [-0.25, -0.2) is 9.78 Å². The number of anilines is 1. The molecule has 2 amide bonds. The number of rotatable bonds is 2. The third-order valence-electron chi connectivity index (χ3n) is 5.47. The van der Waals surface area contributed by atoms with Gasteiger partial charge in [-0.1, -0.05) is 6.42 Å². The first kappa shape index (κ1) is 17.6. The zero-order chi connectivity index (χ0) is 19.4. The van der Waals surface area contributed by atoms with Gasteiger partial charge >= 0.3 is 24.1 Å². The predicted molar refractivity (Wildman–Crippen MR) is 87.0 cm³/mol. The van der Waals surface area contributed by atoms with E-state index in [4.69, 9.17) is 0 Å². The lowest BCUT2D eigenvalue weighted by molar-refractivity contribution is -0.156. The van der Waals surface area contributed by atoms with Crippen LogP contribution in [0.25, 0.3) is 11.1 Å². The van der Waals surface area contributed by atoms with Crippen LogP contribution in [0, 0.1) is 11.3 Å². The summed E-state index contributed by atoms with van der Waals surface area (Å²) in [4.78, 5) is 29.0. The van der Waals surface area contributed by atoms with E-state index in [0.717, 1.165) is 12.8 Å². The zero-order valence-corrected chi connectivity index (χ0v) is 14.0. The van der Waals surface area contributed by atoms with Crippen LogP contribution >= 0.6 is 0 Å².